The quantitative estimate of drug-likeness (QED) is 0.912. The Hall–Kier alpha value is -1.28. The number of amides is 1. The molecule has 0 spiro atoms. The van der Waals surface area contributed by atoms with Gasteiger partial charge in [0.15, 0.2) is 4.67 Å². The predicted octanol–water partition coefficient (Wildman–Crippen LogP) is 3.24. The summed E-state index contributed by atoms with van der Waals surface area (Å²) in [5.74, 6) is 0.371. The summed E-state index contributed by atoms with van der Waals surface area (Å²) in [4.78, 5) is 12.1. The minimum absolute atomic E-state index is 0.258. The highest BCUT2D eigenvalue weighted by Gasteiger charge is 2.36. The highest BCUT2D eigenvalue weighted by molar-refractivity contribution is 9.10. The fourth-order valence-electron chi connectivity index (χ4n) is 2.26. The van der Waals surface area contributed by atoms with Gasteiger partial charge in [-0.05, 0) is 53.6 Å². The van der Waals surface area contributed by atoms with E-state index < -0.39 is 5.54 Å². The fraction of sp³-hybridized carbons (Fsp3) is 0.538. The van der Waals surface area contributed by atoms with Crippen LogP contribution in [0.1, 0.15) is 43.0 Å². The smallest absolute Gasteiger partial charge is 0.257 e. The molecular weight excluding hydrogens is 296 g/mol. The maximum atomic E-state index is 12.1. The van der Waals surface area contributed by atoms with Crippen molar-refractivity contribution in [2.75, 3.05) is 0 Å². The molecule has 1 fully saturated rings. The maximum absolute atomic E-state index is 12.1. The summed E-state index contributed by atoms with van der Waals surface area (Å²) in [5, 5.41) is 12.2. The number of nitriles is 1. The van der Waals surface area contributed by atoms with Crippen LogP contribution in [0.25, 0.3) is 0 Å². The number of halogens is 1. The van der Waals surface area contributed by atoms with Crippen LogP contribution >= 0.6 is 15.9 Å². The first-order valence-electron chi connectivity index (χ1n) is 6.03. The average molecular weight is 311 g/mol. The van der Waals surface area contributed by atoms with Gasteiger partial charge >= 0.3 is 0 Å². The number of furan rings is 1. The first-order chi connectivity index (χ1) is 8.56. The van der Waals surface area contributed by atoms with Crippen molar-refractivity contribution >= 4 is 21.8 Å². The SMILES string of the molecule is CC1CCC(C#N)(NC(=O)c2ccoc2Br)CC1. The molecule has 1 aromatic rings. The zero-order chi connectivity index (χ0) is 13.2. The van der Waals surface area contributed by atoms with Gasteiger partial charge in [-0.3, -0.25) is 4.79 Å². The minimum atomic E-state index is -0.722. The van der Waals surface area contributed by atoms with Crippen LogP contribution in [0.4, 0.5) is 0 Å². The highest BCUT2D eigenvalue weighted by Crippen LogP contribution is 2.32. The zero-order valence-electron chi connectivity index (χ0n) is 10.2. The Kier molecular flexibility index (Phi) is 3.76. The van der Waals surface area contributed by atoms with E-state index in [4.69, 9.17) is 4.42 Å². The van der Waals surface area contributed by atoms with Crippen LogP contribution in [0.3, 0.4) is 0 Å². The molecular formula is C13H15BrN2O2. The van der Waals surface area contributed by atoms with Crippen molar-refractivity contribution in [3.8, 4) is 6.07 Å². The molecule has 0 unspecified atom stereocenters. The molecule has 2 rings (SSSR count). The third-order valence-corrected chi connectivity index (χ3v) is 4.17. The van der Waals surface area contributed by atoms with Gasteiger partial charge in [-0.1, -0.05) is 6.92 Å². The molecule has 1 saturated carbocycles. The van der Waals surface area contributed by atoms with Gasteiger partial charge in [0.25, 0.3) is 5.91 Å². The number of nitrogens with zero attached hydrogens (tertiary/aromatic N) is 1. The van der Waals surface area contributed by atoms with Crippen molar-refractivity contribution < 1.29 is 9.21 Å². The molecule has 0 bridgehead atoms. The Balaban J connectivity index is 2.10. The summed E-state index contributed by atoms with van der Waals surface area (Å²) in [7, 11) is 0. The molecule has 18 heavy (non-hydrogen) atoms. The van der Waals surface area contributed by atoms with Crippen LogP contribution in [0.2, 0.25) is 0 Å². The number of hydrogen-bond donors (Lipinski definition) is 1. The van der Waals surface area contributed by atoms with Gasteiger partial charge in [-0.25, -0.2) is 0 Å². The lowest BCUT2D eigenvalue weighted by Crippen LogP contribution is -2.49. The van der Waals surface area contributed by atoms with Crippen molar-refractivity contribution in [2.24, 2.45) is 5.92 Å². The molecule has 0 radical (unpaired) electrons. The van der Waals surface area contributed by atoms with Crippen molar-refractivity contribution in [1.29, 1.82) is 5.26 Å². The molecule has 0 aliphatic heterocycles. The molecule has 96 valence electrons. The fourth-order valence-corrected chi connectivity index (χ4v) is 2.68. The summed E-state index contributed by atoms with van der Waals surface area (Å²) in [6.07, 6.45) is 4.82. The number of carbonyl (C=O) groups is 1. The topological polar surface area (TPSA) is 66.0 Å². The molecule has 0 aromatic carbocycles. The van der Waals surface area contributed by atoms with Crippen LogP contribution in [-0.4, -0.2) is 11.4 Å². The second kappa shape index (κ2) is 5.15. The van der Waals surface area contributed by atoms with E-state index in [0.29, 0.717) is 29.0 Å². The Morgan fingerprint density at radius 1 is 1.61 bits per heavy atom. The summed E-state index contributed by atoms with van der Waals surface area (Å²) in [6.45, 7) is 2.18. The molecule has 1 N–H and O–H groups in total. The lowest BCUT2D eigenvalue weighted by molar-refractivity contribution is 0.0892. The normalized spacial score (nSPS) is 27.5. The molecule has 4 nitrogen and oxygen atoms in total. The van der Waals surface area contributed by atoms with Gasteiger partial charge in [0.05, 0.1) is 17.9 Å². The zero-order valence-corrected chi connectivity index (χ0v) is 11.8. The minimum Gasteiger partial charge on any atom is -0.457 e. The molecule has 1 aliphatic rings. The van der Waals surface area contributed by atoms with Crippen molar-refractivity contribution in [2.45, 2.75) is 38.1 Å². The second-order valence-corrected chi connectivity index (χ2v) is 5.66. The van der Waals surface area contributed by atoms with Crippen molar-refractivity contribution in [3.63, 3.8) is 0 Å². The van der Waals surface area contributed by atoms with Crippen LogP contribution in [0, 0.1) is 17.2 Å². The van der Waals surface area contributed by atoms with E-state index in [2.05, 4.69) is 34.2 Å². The Labute approximate surface area is 114 Å². The average Bonchev–Trinajstić information content (AvgIpc) is 2.79. The summed E-state index contributed by atoms with van der Waals surface area (Å²) < 4.78 is 5.43. The number of rotatable bonds is 2. The van der Waals surface area contributed by atoms with Crippen LogP contribution < -0.4 is 5.32 Å². The largest absolute Gasteiger partial charge is 0.457 e. The van der Waals surface area contributed by atoms with Crippen molar-refractivity contribution in [3.05, 3.63) is 22.6 Å². The summed E-state index contributed by atoms with van der Waals surface area (Å²) >= 11 is 3.17. The van der Waals surface area contributed by atoms with E-state index in [1.165, 1.54) is 6.26 Å². The number of nitrogens with one attached hydrogen (secondary N) is 1. The van der Waals surface area contributed by atoms with E-state index in [1.54, 1.807) is 6.07 Å². The number of carbonyl (C=O) groups excluding carboxylic acids is 1. The van der Waals surface area contributed by atoms with E-state index in [1.807, 2.05) is 0 Å². The summed E-state index contributed by atoms with van der Waals surface area (Å²) in [5.41, 5.74) is -0.288. The lowest BCUT2D eigenvalue weighted by atomic mass is 9.78. The summed E-state index contributed by atoms with van der Waals surface area (Å²) in [6, 6.07) is 3.87. The third kappa shape index (κ3) is 2.59. The van der Waals surface area contributed by atoms with Crippen molar-refractivity contribution in [1.82, 2.24) is 5.32 Å². The Morgan fingerprint density at radius 3 is 2.78 bits per heavy atom. The standard InChI is InChI=1S/C13H15BrN2O2/c1-9-2-5-13(8-15,6-3-9)16-12(17)10-4-7-18-11(10)14/h4,7,9H,2-3,5-6H2,1H3,(H,16,17). The van der Waals surface area contributed by atoms with Gasteiger partial charge in [-0.2, -0.15) is 5.26 Å². The third-order valence-electron chi connectivity index (χ3n) is 3.56. The van der Waals surface area contributed by atoms with E-state index in [9.17, 15) is 10.1 Å². The van der Waals surface area contributed by atoms with E-state index >= 15 is 0 Å². The van der Waals surface area contributed by atoms with E-state index in [0.717, 1.165) is 12.8 Å². The monoisotopic (exact) mass is 310 g/mol. The molecule has 1 amide bonds. The van der Waals surface area contributed by atoms with Gasteiger partial charge in [0.2, 0.25) is 0 Å². The van der Waals surface area contributed by atoms with E-state index in [-0.39, 0.29) is 5.91 Å². The Morgan fingerprint density at radius 2 is 2.28 bits per heavy atom. The van der Waals surface area contributed by atoms with Crippen LogP contribution in [0.15, 0.2) is 21.4 Å². The Bertz CT molecular complexity index is 481. The van der Waals surface area contributed by atoms with Gasteiger partial charge in [-0.15, -0.1) is 0 Å². The molecule has 5 heteroatoms. The second-order valence-electron chi connectivity index (χ2n) is 4.94. The molecule has 1 heterocycles. The van der Waals surface area contributed by atoms with Gasteiger partial charge < -0.3 is 9.73 Å². The van der Waals surface area contributed by atoms with Crippen LogP contribution in [0.5, 0.6) is 0 Å². The first-order valence-corrected chi connectivity index (χ1v) is 6.82. The van der Waals surface area contributed by atoms with Crippen LogP contribution in [-0.2, 0) is 0 Å². The molecule has 1 aliphatic carbocycles. The number of hydrogen-bond acceptors (Lipinski definition) is 3. The molecule has 0 saturated heterocycles. The highest BCUT2D eigenvalue weighted by atomic mass is 79.9. The predicted molar refractivity (Wildman–Crippen MR) is 69.9 cm³/mol. The lowest BCUT2D eigenvalue weighted by Gasteiger charge is -2.34. The van der Waals surface area contributed by atoms with Gasteiger partial charge in [0.1, 0.15) is 5.54 Å². The molecule has 0 atom stereocenters. The first kappa shape index (κ1) is 13.2. The maximum Gasteiger partial charge on any atom is 0.257 e. The molecule has 1 aromatic heterocycles. The van der Waals surface area contributed by atoms with Gasteiger partial charge in [0, 0.05) is 0 Å².